The van der Waals surface area contributed by atoms with E-state index in [1.807, 2.05) is 12.1 Å². The minimum Gasteiger partial charge on any atom is -0.394 e. The second-order valence-electron chi connectivity index (χ2n) is 7.40. The molecule has 1 saturated heterocycles. The van der Waals surface area contributed by atoms with Crippen molar-refractivity contribution in [2.45, 2.75) is 36.9 Å². The van der Waals surface area contributed by atoms with Gasteiger partial charge in [0.15, 0.2) is 0 Å². The standard InChI is InChI=1S/C22H21ClFNO5S/c23-15-4-1-11(22-21(29)20(28)19(27)17(10-26)30-22)7-12(15)8-14-3-6-18(31-14)16-5-2-13(24)9-25-16/h1-7,9,17,19-22,26-29H,8,10H2/t17-,19-,20+,21-,22+/m1/s1. The largest absolute Gasteiger partial charge is 0.394 e. The highest BCUT2D eigenvalue weighted by atomic mass is 35.5. The van der Waals surface area contributed by atoms with Gasteiger partial charge in [-0.25, -0.2) is 4.39 Å². The van der Waals surface area contributed by atoms with Gasteiger partial charge in [-0.15, -0.1) is 11.3 Å². The van der Waals surface area contributed by atoms with Crippen LogP contribution in [0.2, 0.25) is 5.02 Å². The van der Waals surface area contributed by atoms with E-state index in [4.69, 9.17) is 16.3 Å². The number of hydrogen-bond donors (Lipinski definition) is 4. The van der Waals surface area contributed by atoms with Gasteiger partial charge in [-0.2, -0.15) is 0 Å². The van der Waals surface area contributed by atoms with Crippen molar-refractivity contribution in [3.8, 4) is 10.6 Å². The zero-order chi connectivity index (χ0) is 22.1. The van der Waals surface area contributed by atoms with Crippen LogP contribution in [0.1, 0.15) is 22.1 Å². The summed E-state index contributed by atoms with van der Waals surface area (Å²) in [6.45, 7) is -0.489. The third kappa shape index (κ3) is 4.65. The van der Waals surface area contributed by atoms with Crippen LogP contribution in [0, 0.1) is 5.82 Å². The molecule has 2 aromatic heterocycles. The third-order valence-corrected chi connectivity index (χ3v) is 6.77. The van der Waals surface area contributed by atoms with Gasteiger partial charge in [0.2, 0.25) is 0 Å². The molecule has 9 heteroatoms. The maximum Gasteiger partial charge on any atom is 0.141 e. The molecule has 164 valence electrons. The van der Waals surface area contributed by atoms with E-state index in [0.717, 1.165) is 15.3 Å². The Balaban J connectivity index is 1.57. The molecule has 0 amide bonds. The third-order valence-electron chi connectivity index (χ3n) is 5.30. The first kappa shape index (κ1) is 22.3. The van der Waals surface area contributed by atoms with Crippen LogP contribution in [0.3, 0.4) is 0 Å². The van der Waals surface area contributed by atoms with Crippen molar-refractivity contribution in [2.24, 2.45) is 0 Å². The molecule has 31 heavy (non-hydrogen) atoms. The van der Waals surface area contributed by atoms with Gasteiger partial charge < -0.3 is 25.2 Å². The number of pyridine rings is 1. The highest BCUT2D eigenvalue weighted by Gasteiger charge is 2.44. The lowest BCUT2D eigenvalue weighted by atomic mass is 9.90. The summed E-state index contributed by atoms with van der Waals surface area (Å²) in [6.07, 6.45) is -4.43. The first-order valence-electron chi connectivity index (χ1n) is 9.67. The summed E-state index contributed by atoms with van der Waals surface area (Å²) in [6, 6.07) is 12.0. The van der Waals surface area contributed by atoms with E-state index < -0.39 is 42.9 Å². The van der Waals surface area contributed by atoms with Gasteiger partial charge in [-0.05, 0) is 41.5 Å². The first-order valence-corrected chi connectivity index (χ1v) is 10.9. The molecule has 3 heterocycles. The topological polar surface area (TPSA) is 103 Å². The zero-order valence-corrected chi connectivity index (χ0v) is 17.8. The fourth-order valence-electron chi connectivity index (χ4n) is 3.60. The molecule has 1 aliphatic heterocycles. The molecule has 0 spiro atoms. The SMILES string of the molecule is OC[C@H]1O[C@@H](c2ccc(Cl)c(Cc3ccc(-c4ccc(F)cn4)s3)c2)[C@H](O)[C@@H](O)[C@@H]1O. The molecule has 1 fully saturated rings. The number of hydrogen-bond acceptors (Lipinski definition) is 7. The Labute approximate surface area is 187 Å². The van der Waals surface area contributed by atoms with Crippen molar-refractivity contribution in [2.75, 3.05) is 6.61 Å². The van der Waals surface area contributed by atoms with Crippen LogP contribution in [0.15, 0.2) is 48.7 Å². The van der Waals surface area contributed by atoms with Gasteiger partial charge in [0.05, 0.1) is 23.4 Å². The number of ether oxygens (including phenoxy) is 1. The molecular weight excluding hydrogens is 445 g/mol. The Bertz CT molecular complexity index is 1040. The second kappa shape index (κ2) is 9.30. The van der Waals surface area contributed by atoms with E-state index in [1.165, 1.54) is 23.6 Å². The molecule has 3 aromatic rings. The van der Waals surface area contributed by atoms with Gasteiger partial charge in [0.25, 0.3) is 0 Å². The monoisotopic (exact) mass is 465 g/mol. The maximum absolute atomic E-state index is 13.1. The molecule has 0 aliphatic carbocycles. The lowest BCUT2D eigenvalue weighted by Gasteiger charge is -2.40. The summed E-state index contributed by atoms with van der Waals surface area (Å²) in [5.74, 6) is -0.391. The smallest absolute Gasteiger partial charge is 0.141 e. The Morgan fingerprint density at radius 2 is 1.84 bits per heavy atom. The average Bonchev–Trinajstić information content (AvgIpc) is 3.23. The number of aliphatic hydroxyl groups excluding tert-OH is 4. The summed E-state index contributed by atoms with van der Waals surface area (Å²) in [7, 11) is 0. The zero-order valence-electron chi connectivity index (χ0n) is 16.2. The van der Waals surface area contributed by atoms with E-state index in [2.05, 4.69) is 4.98 Å². The summed E-state index contributed by atoms with van der Waals surface area (Å²) in [4.78, 5) is 6.01. The van der Waals surface area contributed by atoms with Crippen molar-refractivity contribution < 1.29 is 29.6 Å². The van der Waals surface area contributed by atoms with Crippen molar-refractivity contribution in [1.82, 2.24) is 4.98 Å². The Hall–Kier alpha value is -1.91. The first-order chi connectivity index (χ1) is 14.9. The normalized spacial score (nSPS) is 26.2. The number of nitrogens with zero attached hydrogens (tertiary/aromatic N) is 1. The van der Waals surface area contributed by atoms with Gasteiger partial charge in [-0.1, -0.05) is 23.7 Å². The van der Waals surface area contributed by atoms with E-state index in [1.54, 1.807) is 24.3 Å². The van der Waals surface area contributed by atoms with Crippen molar-refractivity contribution in [3.63, 3.8) is 0 Å². The number of benzene rings is 1. The Morgan fingerprint density at radius 1 is 1.03 bits per heavy atom. The average molecular weight is 466 g/mol. The van der Waals surface area contributed by atoms with Gasteiger partial charge in [-0.3, -0.25) is 4.98 Å². The van der Waals surface area contributed by atoms with Gasteiger partial charge >= 0.3 is 0 Å². The molecule has 0 radical (unpaired) electrons. The Morgan fingerprint density at radius 3 is 2.55 bits per heavy atom. The fourth-order valence-corrected chi connectivity index (χ4v) is 4.80. The maximum atomic E-state index is 13.1. The number of halogens is 2. The number of aliphatic hydroxyl groups is 4. The molecule has 5 atom stereocenters. The molecule has 4 rings (SSSR count). The summed E-state index contributed by atoms with van der Waals surface area (Å²) in [5, 5.41) is 40.4. The lowest BCUT2D eigenvalue weighted by molar-refractivity contribution is -0.231. The number of thiophene rings is 1. The highest BCUT2D eigenvalue weighted by Crippen LogP contribution is 2.35. The van der Waals surface area contributed by atoms with Gasteiger partial charge in [0, 0.05) is 16.3 Å². The molecule has 1 aliphatic rings. The molecule has 0 saturated carbocycles. The minimum atomic E-state index is -1.45. The highest BCUT2D eigenvalue weighted by molar-refractivity contribution is 7.15. The van der Waals surface area contributed by atoms with E-state index in [0.29, 0.717) is 22.7 Å². The lowest BCUT2D eigenvalue weighted by Crippen LogP contribution is -2.55. The molecule has 4 N–H and O–H groups in total. The quantitative estimate of drug-likeness (QED) is 0.462. The van der Waals surface area contributed by atoms with Crippen LogP contribution in [-0.2, 0) is 11.2 Å². The van der Waals surface area contributed by atoms with E-state index in [-0.39, 0.29) is 0 Å². The van der Waals surface area contributed by atoms with Gasteiger partial charge in [0.1, 0.15) is 36.3 Å². The summed E-state index contributed by atoms with van der Waals surface area (Å²) in [5.41, 5.74) is 2.05. The van der Waals surface area contributed by atoms with Crippen LogP contribution >= 0.6 is 22.9 Å². The van der Waals surface area contributed by atoms with E-state index >= 15 is 0 Å². The predicted octanol–water partition coefficient (Wildman–Crippen LogP) is 2.71. The Kier molecular flexibility index (Phi) is 6.68. The van der Waals surface area contributed by atoms with Crippen LogP contribution < -0.4 is 0 Å². The van der Waals surface area contributed by atoms with Crippen LogP contribution in [0.25, 0.3) is 10.6 Å². The van der Waals surface area contributed by atoms with Crippen molar-refractivity contribution in [3.05, 3.63) is 75.5 Å². The number of aromatic nitrogens is 1. The summed E-state index contributed by atoms with van der Waals surface area (Å²) >= 11 is 7.90. The molecular formula is C22H21ClFNO5S. The fraction of sp³-hybridized carbons (Fsp3) is 0.318. The van der Waals surface area contributed by atoms with Crippen LogP contribution in [-0.4, -0.2) is 56.4 Å². The summed E-state index contributed by atoms with van der Waals surface area (Å²) < 4.78 is 18.7. The second-order valence-corrected chi connectivity index (χ2v) is 8.98. The molecule has 6 nitrogen and oxygen atoms in total. The van der Waals surface area contributed by atoms with Crippen LogP contribution in [0.5, 0.6) is 0 Å². The predicted molar refractivity (Wildman–Crippen MR) is 114 cm³/mol. The van der Waals surface area contributed by atoms with Crippen molar-refractivity contribution in [1.29, 1.82) is 0 Å². The van der Waals surface area contributed by atoms with Crippen LogP contribution in [0.4, 0.5) is 4.39 Å². The number of rotatable bonds is 5. The minimum absolute atomic E-state index is 0.391. The van der Waals surface area contributed by atoms with E-state index in [9.17, 15) is 24.8 Å². The molecule has 1 aromatic carbocycles. The molecule has 0 unspecified atom stereocenters. The van der Waals surface area contributed by atoms with Crippen molar-refractivity contribution >= 4 is 22.9 Å². The molecule has 0 bridgehead atoms.